The summed E-state index contributed by atoms with van der Waals surface area (Å²) in [6, 6.07) is -17.6. The fraction of sp³-hybridized carbons (Fsp3) is 0.614. The standard InChI is InChI=1S/C88H142N28O24/c1-41(2)25-57(72(91)125)108-87(140)71(50(15)117)116-86(139)61(29-45(9)10)109-76(129)48(13)103-67(120)36-97-74(127)47(12)104-75(128)49(14)105-80(133)64(32-53-35-95-40-101-53)115-85(138)65(33-66(90)119)106-69(122)38-98-73(126)46(11)102-68(121)37-99-78(131)63(31-52-34-94-39-100-52)114-83(136)60(28-44(7)8)112-82(135)59(27-43(5)6)111-79(132)56(22-23-70(123)124)107-84(137)62(30-51-18-20-54(118)21-19-51)113-81(134)58(26-42(3)4)110-77(130)55(89)17-16-24-96-88(92)93/h18-21,34-35,39-50,55-65,71,117-118H,16-17,22-33,36-38,89H2,1-15H3,(H2,90,119)(H2,91,125)(H,94,100)(H,95,101)(H,97,127)(H,98,126)(H,99,131)(H,102,121)(H,103,120)(H,104,128)(H,105,133)(H,106,122)(H,107,137)(H,108,140)(H,109,129)(H,110,130)(H,111,132)(H,112,135)(H,113,134)(H,114,136)(H,115,138)(H,116,139)(H,123,124)(H4,92,93,96)/t46-,47-,48-,49-,50+,55-,56-,57-,58-,59-,60-,61-,62-,63-,64-,65-,71-/m0/s1. The topological polar surface area (TPSA) is 836 Å². The Hall–Kier alpha value is -14.5. The van der Waals surface area contributed by atoms with Crippen LogP contribution in [0.4, 0.5) is 0 Å². The summed E-state index contributed by atoms with van der Waals surface area (Å²) in [5.74, 6) is -22.0. The predicted octanol–water partition coefficient (Wildman–Crippen LogP) is -8.22. The number of nitrogens with zero attached hydrogens (tertiary/aromatic N) is 3. The summed E-state index contributed by atoms with van der Waals surface area (Å²) in [6.45, 7) is 21.3. The van der Waals surface area contributed by atoms with Crippen LogP contribution < -0.4 is 124 Å². The summed E-state index contributed by atoms with van der Waals surface area (Å²) in [5, 5.41) is 74.4. The summed E-state index contributed by atoms with van der Waals surface area (Å²) in [5.41, 5.74) is 28.7. The number of aliphatic hydroxyl groups is 1. The number of guanidine groups is 1. The van der Waals surface area contributed by atoms with E-state index in [0.717, 1.165) is 0 Å². The van der Waals surface area contributed by atoms with Crippen LogP contribution in [0.5, 0.6) is 5.75 Å². The maximum atomic E-state index is 14.6. The highest BCUT2D eigenvalue weighted by Gasteiger charge is 2.39. The van der Waals surface area contributed by atoms with Gasteiger partial charge in [0.25, 0.3) is 0 Å². The molecule has 0 bridgehead atoms. The molecular weight excluding hydrogens is 1830 g/mol. The first-order valence-corrected chi connectivity index (χ1v) is 45.9. The Morgan fingerprint density at radius 1 is 0.364 bits per heavy atom. The van der Waals surface area contributed by atoms with E-state index in [1.807, 2.05) is 0 Å². The van der Waals surface area contributed by atoms with Crippen LogP contribution in [-0.4, -0.2) is 294 Å². The second-order valence-corrected chi connectivity index (χ2v) is 36.2. The number of aromatic hydroxyl groups is 1. The second kappa shape index (κ2) is 60.3. The highest BCUT2D eigenvalue weighted by molar-refractivity contribution is 6.02. The lowest BCUT2D eigenvalue weighted by Crippen LogP contribution is -2.60. The Bertz CT molecular complexity index is 4720. The van der Waals surface area contributed by atoms with Gasteiger partial charge in [0.2, 0.25) is 118 Å². The van der Waals surface area contributed by atoms with E-state index in [-0.39, 0.29) is 117 Å². The zero-order chi connectivity index (χ0) is 106. The molecule has 52 heteroatoms. The summed E-state index contributed by atoms with van der Waals surface area (Å²) in [6.07, 6.45) is 1.26. The number of phenolic OH excluding ortho intramolecular Hbond substituents is 1. The van der Waals surface area contributed by atoms with Crippen LogP contribution in [0, 0.1) is 29.6 Å². The summed E-state index contributed by atoms with van der Waals surface area (Å²) in [4.78, 5) is 302. The van der Waals surface area contributed by atoms with Crippen molar-refractivity contribution in [1.29, 1.82) is 0 Å². The number of aromatic amines is 2. The minimum Gasteiger partial charge on any atom is -0.508 e. The van der Waals surface area contributed by atoms with Gasteiger partial charge in [-0.2, -0.15) is 0 Å². The molecule has 20 amide bonds. The zero-order valence-corrected chi connectivity index (χ0v) is 81.5. The molecule has 52 nitrogen and oxygen atoms in total. The molecule has 0 aliphatic carbocycles. The lowest BCUT2D eigenvalue weighted by Gasteiger charge is -2.29. The number of rotatable bonds is 63. The number of nitrogens with two attached hydrogens (primary N) is 5. The van der Waals surface area contributed by atoms with Crippen molar-refractivity contribution in [2.45, 2.75) is 290 Å². The molecule has 0 fully saturated rings. The van der Waals surface area contributed by atoms with Crippen LogP contribution >= 0.6 is 0 Å². The van der Waals surface area contributed by atoms with Crippen molar-refractivity contribution in [3.8, 4) is 5.75 Å². The molecular formula is C88H142N28O24. The normalized spacial score (nSPS) is 14.8. The Labute approximate surface area is 809 Å². The number of carboxylic acid groups (broad SMARTS) is 1. The van der Waals surface area contributed by atoms with Crippen LogP contribution in [0.1, 0.15) is 185 Å². The first-order chi connectivity index (χ1) is 65.5. The number of amides is 20. The van der Waals surface area contributed by atoms with Gasteiger partial charge < -0.3 is 150 Å². The third kappa shape index (κ3) is 46.1. The van der Waals surface area contributed by atoms with Crippen molar-refractivity contribution in [2.24, 2.45) is 63.3 Å². The average Bonchev–Trinajstić information content (AvgIpc) is 1.31. The summed E-state index contributed by atoms with van der Waals surface area (Å²) >= 11 is 0. The van der Waals surface area contributed by atoms with E-state index in [1.54, 1.807) is 69.2 Å². The first kappa shape index (κ1) is 120. The molecule has 33 N–H and O–H groups in total. The van der Waals surface area contributed by atoms with E-state index >= 15 is 0 Å². The number of hydrogen-bond donors (Lipinski definition) is 28. The van der Waals surface area contributed by atoms with E-state index in [4.69, 9.17) is 28.7 Å². The highest BCUT2D eigenvalue weighted by Crippen LogP contribution is 2.18. The number of primary amides is 2. The molecule has 0 spiro atoms. The maximum Gasteiger partial charge on any atom is 0.303 e. The molecule has 778 valence electrons. The molecule has 0 unspecified atom stereocenters. The number of H-pyrrole nitrogens is 2. The molecule has 140 heavy (non-hydrogen) atoms. The van der Waals surface area contributed by atoms with Crippen LogP contribution in [0.15, 0.2) is 54.3 Å². The van der Waals surface area contributed by atoms with Gasteiger partial charge in [-0.15, -0.1) is 0 Å². The van der Waals surface area contributed by atoms with E-state index < -0.39 is 266 Å². The van der Waals surface area contributed by atoms with Crippen molar-refractivity contribution in [3.05, 3.63) is 66.3 Å². The van der Waals surface area contributed by atoms with E-state index in [0.29, 0.717) is 12.0 Å². The minimum atomic E-state index is -1.83. The molecule has 17 atom stereocenters. The van der Waals surface area contributed by atoms with Gasteiger partial charge in [0.05, 0.1) is 62.2 Å². The summed E-state index contributed by atoms with van der Waals surface area (Å²) < 4.78 is 0. The fourth-order valence-electron chi connectivity index (χ4n) is 13.7. The van der Waals surface area contributed by atoms with Crippen molar-refractivity contribution in [2.75, 3.05) is 26.2 Å². The molecule has 0 saturated heterocycles. The number of phenols is 1. The fourth-order valence-corrected chi connectivity index (χ4v) is 13.7. The molecule has 2 heterocycles. The van der Waals surface area contributed by atoms with E-state index in [2.05, 4.69) is 121 Å². The van der Waals surface area contributed by atoms with Gasteiger partial charge in [-0.25, -0.2) is 9.97 Å². The van der Waals surface area contributed by atoms with Gasteiger partial charge in [0.15, 0.2) is 5.96 Å². The Balaban J connectivity index is 1.70. The van der Waals surface area contributed by atoms with Crippen LogP contribution in [-0.2, 0) is 120 Å². The predicted molar refractivity (Wildman–Crippen MR) is 504 cm³/mol. The first-order valence-electron chi connectivity index (χ1n) is 45.9. The number of imidazole rings is 2. The number of carboxylic acids is 1. The largest absolute Gasteiger partial charge is 0.508 e. The number of nitrogens with one attached hydrogen (secondary N) is 20. The molecule has 0 aliphatic heterocycles. The Morgan fingerprint density at radius 3 is 1.12 bits per heavy atom. The second-order valence-electron chi connectivity index (χ2n) is 36.2. The third-order valence-corrected chi connectivity index (χ3v) is 21.0. The monoisotopic (exact) mass is 1980 g/mol. The number of carbonyl (C=O) groups excluding carboxylic acids is 20. The molecule has 1 aromatic carbocycles. The molecule has 0 aliphatic rings. The molecule has 0 radical (unpaired) electrons. The maximum absolute atomic E-state index is 14.6. The van der Waals surface area contributed by atoms with Crippen molar-refractivity contribution >= 4 is 130 Å². The number of aromatic nitrogens is 4. The molecule has 3 rings (SSSR count). The van der Waals surface area contributed by atoms with Gasteiger partial charge in [0.1, 0.15) is 96.4 Å². The third-order valence-electron chi connectivity index (χ3n) is 21.0. The summed E-state index contributed by atoms with van der Waals surface area (Å²) in [7, 11) is 0. The number of aliphatic hydroxyl groups excluding tert-OH is 1. The molecule has 0 saturated carbocycles. The molecule has 3 aromatic rings. The number of hydrogen-bond acceptors (Lipinski definition) is 27. The van der Waals surface area contributed by atoms with Crippen molar-refractivity contribution in [3.63, 3.8) is 0 Å². The Kier molecular flexibility index (Phi) is 51.5. The van der Waals surface area contributed by atoms with Crippen molar-refractivity contribution < 1.29 is 116 Å². The van der Waals surface area contributed by atoms with Crippen molar-refractivity contribution in [1.82, 2.24) is 116 Å². The quantitative estimate of drug-likeness (QED) is 0.0142. The Morgan fingerprint density at radius 2 is 0.700 bits per heavy atom. The SMILES string of the molecule is CC(C)C[C@H](NC(=O)[C@@H](NC(=O)[C@H](CC(C)C)NC(=O)[C@H](C)NC(=O)CNC(=O)[C@H](C)NC(=O)[C@H](C)NC(=O)[C@H](Cc1c[nH]cn1)NC(=O)[C@H](CC(N)=O)NC(=O)CNC(=O)[C@H](C)NC(=O)CNC(=O)[C@H](Cc1c[nH]cn1)NC(=O)[C@H](CC(C)C)NC(=O)[C@H](CC(C)C)NC(=O)[C@H](CCC(=O)O)NC(=O)[C@H](Cc1ccc(O)cc1)NC(=O)[C@H](CC(C)C)NC(=O)[C@@H](N)CCCN=C(N)N)[C@@H](C)O)C(N)=O. The van der Waals surface area contributed by atoms with Gasteiger partial charge >= 0.3 is 5.97 Å². The van der Waals surface area contributed by atoms with Crippen LogP contribution in [0.2, 0.25) is 0 Å². The number of carbonyl (C=O) groups is 21. The van der Waals surface area contributed by atoms with E-state index in [9.17, 15) is 116 Å². The number of benzene rings is 1. The molecule has 2 aromatic heterocycles. The lowest BCUT2D eigenvalue weighted by atomic mass is 9.99. The van der Waals surface area contributed by atoms with Gasteiger partial charge in [-0.05, 0) is 133 Å². The average molecular weight is 1980 g/mol. The highest BCUT2D eigenvalue weighted by atomic mass is 16.4. The van der Waals surface area contributed by atoms with E-state index in [1.165, 1.54) is 83.9 Å². The van der Waals surface area contributed by atoms with Crippen LogP contribution in [0.3, 0.4) is 0 Å². The number of aliphatic carboxylic acids is 1. The smallest absolute Gasteiger partial charge is 0.303 e. The number of aliphatic imine (C=N–C) groups is 1. The lowest BCUT2D eigenvalue weighted by molar-refractivity contribution is -0.139. The minimum absolute atomic E-state index is 0.0273. The zero-order valence-electron chi connectivity index (χ0n) is 81.5. The van der Waals surface area contributed by atoms with Crippen LogP contribution in [0.25, 0.3) is 0 Å². The van der Waals surface area contributed by atoms with Gasteiger partial charge in [0, 0.05) is 44.6 Å². The van der Waals surface area contributed by atoms with Gasteiger partial charge in [-0.3, -0.25) is 106 Å². The van der Waals surface area contributed by atoms with Gasteiger partial charge in [-0.1, -0.05) is 81.4 Å².